The minimum absolute atomic E-state index is 0.0921. The van der Waals surface area contributed by atoms with Crippen LogP contribution in [-0.2, 0) is 20.7 Å². The van der Waals surface area contributed by atoms with E-state index >= 15 is 0 Å². The van der Waals surface area contributed by atoms with Crippen molar-refractivity contribution in [2.45, 2.75) is 26.2 Å². The highest BCUT2D eigenvalue weighted by atomic mass is 32.2. The van der Waals surface area contributed by atoms with Gasteiger partial charge in [-0.1, -0.05) is 55.2 Å². The number of benzene rings is 1. The van der Waals surface area contributed by atoms with E-state index in [2.05, 4.69) is 19.1 Å². The average molecular weight is 407 g/mol. The second-order valence-corrected chi connectivity index (χ2v) is 8.23. The highest BCUT2D eigenvalue weighted by Crippen LogP contribution is 2.32. The van der Waals surface area contributed by atoms with Crippen molar-refractivity contribution in [3.05, 3.63) is 40.3 Å². The molecule has 1 aromatic carbocycles. The molecule has 0 atom stereocenters. The third kappa shape index (κ3) is 6.75. The summed E-state index contributed by atoms with van der Waals surface area (Å²) in [5.74, 6) is -0.334. The first-order valence-corrected chi connectivity index (χ1v) is 10.3. The molecule has 1 heterocycles. The van der Waals surface area contributed by atoms with Crippen molar-refractivity contribution < 1.29 is 14.3 Å². The number of carbonyl (C=O) groups excluding carboxylic acids is 2. The Morgan fingerprint density at radius 2 is 2.00 bits per heavy atom. The van der Waals surface area contributed by atoms with Crippen LogP contribution in [0.2, 0.25) is 0 Å². The lowest BCUT2D eigenvalue weighted by Crippen LogP contribution is -2.29. The molecule has 146 valence electrons. The van der Waals surface area contributed by atoms with E-state index in [-0.39, 0.29) is 18.3 Å². The Kier molecular flexibility index (Phi) is 8.47. The van der Waals surface area contributed by atoms with Gasteiger partial charge in [0.2, 0.25) is 0 Å². The molecule has 0 spiro atoms. The summed E-state index contributed by atoms with van der Waals surface area (Å²) < 4.78 is 5.70. The Bertz CT molecular complexity index is 714. The molecule has 0 bridgehead atoms. The first kappa shape index (κ1) is 21.6. The second kappa shape index (κ2) is 10.6. The van der Waals surface area contributed by atoms with Crippen LogP contribution in [0.1, 0.15) is 30.9 Å². The molecule has 7 heteroatoms. The summed E-state index contributed by atoms with van der Waals surface area (Å²) in [6, 6.07) is 8.15. The number of amides is 1. The van der Waals surface area contributed by atoms with Crippen LogP contribution in [0.25, 0.3) is 6.08 Å². The van der Waals surface area contributed by atoms with Crippen LogP contribution in [0.15, 0.2) is 29.2 Å². The van der Waals surface area contributed by atoms with E-state index in [9.17, 15) is 9.59 Å². The van der Waals surface area contributed by atoms with E-state index in [0.717, 1.165) is 12.0 Å². The van der Waals surface area contributed by atoms with E-state index in [1.807, 2.05) is 37.2 Å². The SMILES string of the molecule is CCc1ccc(/C=C2\SC(=S)N(CCCC(=O)OCCN(C)C)C2=O)cc1. The van der Waals surface area contributed by atoms with Crippen molar-refractivity contribution in [2.24, 2.45) is 0 Å². The van der Waals surface area contributed by atoms with Crippen LogP contribution < -0.4 is 0 Å². The molecule has 1 aliphatic heterocycles. The Balaban J connectivity index is 1.84. The average Bonchev–Trinajstić information content (AvgIpc) is 2.89. The number of aryl methyl sites for hydroxylation is 1. The molecular weight excluding hydrogens is 380 g/mol. The lowest BCUT2D eigenvalue weighted by molar-refractivity contribution is -0.144. The molecule has 1 amide bonds. The van der Waals surface area contributed by atoms with Crippen molar-refractivity contribution >= 4 is 46.3 Å². The Morgan fingerprint density at radius 1 is 1.30 bits per heavy atom. The minimum atomic E-state index is -0.242. The molecule has 0 aliphatic carbocycles. The fraction of sp³-hybridized carbons (Fsp3) is 0.450. The highest BCUT2D eigenvalue weighted by molar-refractivity contribution is 8.26. The number of ether oxygens (including phenoxy) is 1. The van der Waals surface area contributed by atoms with Gasteiger partial charge in [0.15, 0.2) is 0 Å². The maximum Gasteiger partial charge on any atom is 0.305 e. The summed E-state index contributed by atoms with van der Waals surface area (Å²) in [5, 5.41) is 0. The van der Waals surface area contributed by atoms with Gasteiger partial charge >= 0.3 is 5.97 Å². The van der Waals surface area contributed by atoms with Crippen molar-refractivity contribution in [1.82, 2.24) is 9.80 Å². The third-order valence-corrected chi connectivity index (χ3v) is 5.50. The van der Waals surface area contributed by atoms with Gasteiger partial charge in [-0.2, -0.15) is 0 Å². The maximum absolute atomic E-state index is 12.6. The van der Waals surface area contributed by atoms with E-state index in [1.54, 1.807) is 4.90 Å². The van der Waals surface area contributed by atoms with Crippen LogP contribution in [0.4, 0.5) is 0 Å². The fourth-order valence-electron chi connectivity index (χ4n) is 2.49. The first-order valence-electron chi connectivity index (χ1n) is 9.05. The number of likely N-dealkylation sites (N-methyl/N-ethyl adjacent to an activating group) is 1. The monoisotopic (exact) mass is 406 g/mol. The van der Waals surface area contributed by atoms with Gasteiger partial charge in [-0.15, -0.1) is 0 Å². The molecule has 1 aliphatic rings. The summed E-state index contributed by atoms with van der Waals surface area (Å²) in [4.78, 5) is 28.5. The van der Waals surface area contributed by atoms with Crippen molar-refractivity contribution in [3.63, 3.8) is 0 Å². The van der Waals surface area contributed by atoms with Gasteiger partial charge in [0.05, 0.1) is 4.91 Å². The Morgan fingerprint density at radius 3 is 2.63 bits per heavy atom. The summed E-state index contributed by atoms with van der Waals surface area (Å²) in [6.45, 7) is 3.62. The molecule has 5 nitrogen and oxygen atoms in total. The van der Waals surface area contributed by atoms with E-state index < -0.39 is 0 Å². The molecule has 1 saturated heterocycles. The van der Waals surface area contributed by atoms with Gasteiger partial charge in [0.1, 0.15) is 10.9 Å². The molecule has 0 radical (unpaired) electrons. The van der Waals surface area contributed by atoms with Crippen LogP contribution in [0.3, 0.4) is 0 Å². The van der Waals surface area contributed by atoms with Crippen LogP contribution in [-0.4, -0.2) is 59.8 Å². The molecule has 0 N–H and O–H groups in total. The van der Waals surface area contributed by atoms with E-state index in [4.69, 9.17) is 17.0 Å². The van der Waals surface area contributed by atoms with Gasteiger partial charge in [0.25, 0.3) is 5.91 Å². The number of thiocarbonyl (C=S) groups is 1. The van der Waals surface area contributed by atoms with Crippen molar-refractivity contribution in [2.75, 3.05) is 33.8 Å². The number of nitrogens with zero attached hydrogens (tertiary/aromatic N) is 2. The smallest absolute Gasteiger partial charge is 0.305 e. The van der Waals surface area contributed by atoms with Gasteiger partial charge < -0.3 is 9.64 Å². The molecule has 1 aromatic rings. The van der Waals surface area contributed by atoms with Crippen LogP contribution in [0, 0.1) is 0 Å². The zero-order valence-corrected chi connectivity index (χ0v) is 17.7. The zero-order valence-electron chi connectivity index (χ0n) is 16.1. The highest BCUT2D eigenvalue weighted by Gasteiger charge is 2.31. The number of carbonyl (C=O) groups is 2. The standard InChI is InChI=1S/C20H26N2O3S2/c1-4-15-7-9-16(10-8-15)14-17-19(24)22(20(26)27-17)11-5-6-18(23)25-13-12-21(2)3/h7-10,14H,4-6,11-13H2,1-3H3/b17-14-. The molecule has 0 aromatic heterocycles. The van der Waals surface area contributed by atoms with Crippen molar-refractivity contribution in [1.29, 1.82) is 0 Å². The molecule has 1 fully saturated rings. The number of hydrogen-bond acceptors (Lipinski definition) is 6. The van der Waals surface area contributed by atoms with Gasteiger partial charge in [0, 0.05) is 19.5 Å². The lowest BCUT2D eigenvalue weighted by atomic mass is 10.1. The predicted molar refractivity (Wildman–Crippen MR) is 114 cm³/mol. The second-order valence-electron chi connectivity index (χ2n) is 6.56. The fourth-order valence-corrected chi connectivity index (χ4v) is 3.80. The van der Waals surface area contributed by atoms with Crippen LogP contribution >= 0.6 is 24.0 Å². The first-order chi connectivity index (χ1) is 12.9. The largest absolute Gasteiger partial charge is 0.464 e. The lowest BCUT2D eigenvalue weighted by Gasteiger charge is -2.14. The van der Waals surface area contributed by atoms with Crippen molar-refractivity contribution in [3.8, 4) is 0 Å². The summed E-state index contributed by atoms with van der Waals surface area (Å²) >= 11 is 6.64. The number of esters is 1. The zero-order chi connectivity index (χ0) is 19.8. The Hall–Kier alpha value is -1.70. The quantitative estimate of drug-likeness (QED) is 0.356. The van der Waals surface area contributed by atoms with E-state index in [0.29, 0.717) is 35.3 Å². The Labute approximate surface area is 170 Å². The summed E-state index contributed by atoms with van der Waals surface area (Å²) in [7, 11) is 3.85. The van der Waals surface area contributed by atoms with Gasteiger partial charge in [-0.3, -0.25) is 14.5 Å². The summed E-state index contributed by atoms with van der Waals surface area (Å²) in [6.07, 6.45) is 3.67. The predicted octanol–water partition coefficient (Wildman–Crippen LogP) is 3.34. The topological polar surface area (TPSA) is 49.9 Å². The minimum Gasteiger partial charge on any atom is -0.464 e. The molecular formula is C20H26N2O3S2. The normalized spacial score (nSPS) is 15.9. The number of rotatable bonds is 9. The summed E-state index contributed by atoms with van der Waals surface area (Å²) in [5.41, 5.74) is 2.24. The van der Waals surface area contributed by atoms with Gasteiger partial charge in [-0.05, 0) is 44.1 Å². The third-order valence-electron chi connectivity index (χ3n) is 4.12. The maximum atomic E-state index is 12.6. The van der Waals surface area contributed by atoms with Crippen LogP contribution in [0.5, 0.6) is 0 Å². The molecule has 0 unspecified atom stereocenters. The molecule has 0 saturated carbocycles. The van der Waals surface area contributed by atoms with E-state index in [1.165, 1.54) is 17.3 Å². The molecule has 2 rings (SSSR count). The molecule has 27 heavy (non-hydrogen) atoms. The number of hydrogen-bond donors (Lipinski definition) is 0. The van der Waals surface area contributed by atoms with Gasteiger partial charge in [-0.25, -0.2) is 0 Å². The number of thioether (sulfide) groups is 1.